The summed E-state index contributed by atoms with van der Waals surface area (Å²) < 4.78 is 0. The standard InChI is InChI=1S/C15H29NO/c1-10(2)12(9-17)16-13-8-11-6-7-15(13,5)14(11,3)4/h10-13,16-17H,6-9H2,1-5H3. The van der Waals surface area contributed by atoms with Crippen LogP contribution in [0.4, 0.5) is 0 Å². The SMILES string of the molecule is CC(C)C(CO)NC1CC2CCC1(C)C2(C)C. The van der Waals surface area contributed by atoms with Crippen molar-refractivity contribution in [2.45, 2.75) is 66.0 Å². The maximum Gasteiger partial charge on any atom is 0.0587 e. The molecule has 2 aliphatic carbocycles. The number of hydrogen-bond acceptors (Lipinski definition) is 2. The average molecular weight is 239 g/mol. The molecule has 0 amide bonds. The van der Waals surface area contributed by atoms with Gasteiger partial charge in [0.25, 0.3) is 0 Å². The van der Waals surface area contributed by atoms with Crippen LogP contribution in [0.5, 0.6) is 0 Å². The van der Waals surface area contributed by atoms with Crippen LogP contribution in [-0.4, -0.2) is 23.8 Å². The number of aliphatic hydroxyl groups excluding tert-OH is 1. The Bertz CT molecular complexity index is 287. The number of rotatable bonds is 4. The summed E-state index contributed by atoms with van der Waals surface area (Å²) in [6, 6.07) is 0.850. The zero-order valence-electron chi connectivity index (χ0n) is 12.1. The minimum Gasteiger partial charge on any atom is -0.395 e. The first-order chi connectivity index (χ1) is 7.83. The van der Waals surface area contributed by atoms with Gasteiger partial charge in [0.1, 0.15) is 0 Å². The van der Waals surface area contributed by atoms with Crippen LogP contribution in [0.15, 0.2) is 0 Å². The van der Waals surface area contributed by atoms with Gasteiger partial charge in [0.2, 0.25) is 0 Å². The second-order valence-electron chi connectivity index (χ2n) is 7.36. The van der Waals surface area contributed by atoms with Gasteiger partial charge in [-0.2, -0.15) is 0 Å². The lowest BCUT2D eigenvalue weighted by Crippen LogP contribution is -2.51. The predicted molar refractivity (Wildman–Crippen MR) is 71.9 cm³/mol. The first-order valence-corrected chi connectivity index (χ1v) is 7.20. The first-order valence-electron chi connectivity index (χ1n) is 7.20. The summed E-state index contributed by atoms with van der Waals surface area (Å²) in [6.07, 6.45) is 4.04. The molecule has 0 aliphatic heterocycles. The van der Waals surface area contributed by atoms with Crippen molar-refractivity contribution in [3.8, 4) is 0 Å². The molecule has 2 aliphatic rings. The number of fused-ring (bicyclic) bond motifs is 2. The highest BCUT2D eigenvalue weighted by molar-refractivity contribution is 5.13. The monoisotopic (exact) mass is 239 g/mol. The molecule has 4 unspecified atom stereocenters. The minimum absolute atomic E-state index is 0.256. The molecule has 4 atom stereocenters. The molecule has 0 radical (unpaired) electrons. The van der Waals surface area contributed by atoms with E-state index in [-0.39, 0.29) is 12.6 Å². The fourth-order valence-electron chi connectivity index (χ4n) is 4.17. The van der Waals surface area contributed by atoms with Gasteiger partial charge in [-0.05, 0) is 41.9 Å². The number of nitrogens with one attached hydrogen (secondary N) is 1. The van der Waals surface area contributed by atoms with Gasteiger partial charge in [-0.15, -0.1) is 0 Å². The van der Waals surface area contributed by atoms with Gasteiger partial charge < -0.3 is 10.4 Å². The molecule has 0 aromatic rings. The zero-order valence-corrected chi connectivity index (χ0v) is 12.1. The first kappa shape index (κ1) is 13.4. The van der Waals surface area contributed by atoms with E-state index in [1.165, 1.54) is 19.3 Å². The Morgan fingerprint density at radius 3 is 2.29 bits per heavy atom. The molecule has 17 heavy (non-hydrogen) atoms. The molecule has 2 nitrogen and oxygen atoms in total. The van der Waals surface area contributed by atoms with Crippen molar-refractivity contribution in [1.82, 2.24) is 5.32 Å². The molecule has 2 N–H and O–H groups in total. The summed E-state index contributed by atoms with van der Waals surface area (Å²) in [5, 5.41) is 13.2. The fraction of sp³-hybridized carbons (Fsp3) is 1.00. The van der Waals surface area contributed by atoms with E-state index in [9.17, 15) is 5.11 Å². The average Bonchev–Trinajstić information content (AvgIpc) is 2.57. The van der Waals surface area contributed by atoms with Gasteiger partial charge in [-0.3, -0.25) is 0 Å². The second-order valence-corrected chi connectivity index (χ2v) is 7.36. The third-order valence-electron chi connectivity index (χ3n) is 6.21. The van der Waals surface area contributed by atoms with Crippen molar-refractivity contribution in [3.63, 3.8) is 0 Å². The molecule has 0 saturated heterocycles. The Kier molecular flexibility index (Phi) is 3.33. The van der Waals surface area contributed by atoms with Crippen LogP contribution < -0.4 is 5.32 Å². The summed E-state index contributed by atoms with van der Waals surface area (Å²) in [5.74, 6) is 1.38. The van der Waals surface area contributed by atoms with Gasteiger partial charge >= 0.3 is 0 Å². The van der Waals surface area contributed by atoms with Crippen molar-refractivity contribution in [1.29, 1.82) is 0 Å². The molecular formula is C15H29NO. The third kappa shape index (κ3) is 1.84. The number of aliphatic hydroxyl groups is 1. The predicted octanol–water partition coefficient (Wildman–Crippen LogP) is 2.81. The van der Waals surface area contributed by atoms with Crippen LogP contribution >= 0.6 is 0 Å². The maximum atomic E-state index is 9.48. The smallest absolute Gasteiger partial charge is 0.0587 e. The van der Waals surface area contributed by atoms with Crippen LogP contribution in [0.1, 0.15) is 53.9 Å². The van der Waals surface area contributed by atoms with Crippen molar-refractivity contribution in [3.05, 3.63) is 0 Å². The van der Waals surface area contributed by atoms with Crippen LogP contribution in [0, 0.1) is 22.7 Å². The van der Waals surface area contributed by atoms with E-state index in [4.69, 9.17) is 0 Å². The van der Waals surface area contributed by atoms with Gasteiger partial charge in [0.15, 0.2) is 0 Å². The quantitative estimate of drug-likeness (QED) is 0.790. The van der Waals surface area contributed by atoms with Crippen molar-refractivity contribution in [2.24, 2.45) is 22.7 Å². The van der Waals surface area contributed by atoms with Crippen molar-refractivity contribution >= 4 is 0 Å². The Hall–Kier alpha value is -0.0800. The minimum atomic E-state index is 0.256. The van der Waals surface area contributed by atoms with Crippen LogP contribution in [0.25, 0.3) is 0 Å². The lowest BCUT2D eigenvalue weighted by molar-refractivity contribution is 0.0989. The normalized spacial score (nSPS) is 41.1. The third-order valence-corrected chi connectivity index (χ3v) is 6.21. The van der Waals surface area contributed by atoms with Crippen LogP contribution in [0.3, 0.4) is 0 Å². The Labute approximate surface area is 106 Å². The Morgan fingerprint density at radius 2 is 1.94 bits per heavy atom. The van der Waals surface area contributed by atoms with Crippen LogP contribution in [0.2, 0.25) is 0 Å². The van der Waals surface area contributed by atoms with E-state index in [1.807, 2.05) is 0 Å². The zero-order chi connectivity index (χ0) is 12.8. The van der Waals surface area contributed by atoms with Gasteiger partial charge in [-0.25, -0.2) is 0 Å². The van der Waals surface area contributed by atoms with E-state index in [0.29, 0.717) is 22.8 Å². The summed E-state index contributed by atoms with van der Waals surface area (Å²) in [5.41, 5.74) is 0.877. The van der Waals surface area contributed by atoms with Crippen LogP contribution in [-0.2, 0) is 0 Å². The Morgan fingerprint density at radius 1 is 1.29 bits per heavy atom. The molecule has 0 heterocycles. The Balaban J connectivity index is 2.10. The lowest BCUT2D eigenvalue weighted by Gasteiger charge is -2.41. The largest absolute Gasteiger partial charge is 0.395 e. The van der Waals surface area contributed by atoms with E-state index in [2.05, 4.69) is 39.9 Å². The molecule has 2 rings (SSSR count). The summed E-state index contributed by atoms with van der Waals surface area (Å²) in [7, 11) is 0. The van der Waals surface area contributed by atoms with Gasteiger partial charge in [0.05, 0.1) is 6.61 Å². The fourth-order valence-corrected chi connectivity index (χ4v) is 4.17. The number of hydrogen-bond donors (Lipinski definition) is 2. The highest BCUT2D eigenvalue weighted by Gasteiger charge is 2.61. The van der Waals surface area contributed by atoms with E-state index in [0.717, 1.165) is 5.92 Å². The molecule has 2 bridgehead atoms. The van der Waals surface area contributed by atoms with E-state index in [1.54, 1.807) is 0 Å². The van der Waals surface area contributed by atoms with Gasteiger partial charge in [-0.1, -0.05) is 34.6 Å². The van der Waals surface area contributed by atoms with Gasteiger partial charge in [0, 0.05) is 12.1 Å². The molecule has 0 aromatic heterocycles. The molecule has 2 fully saturated rings. The van der Waals surface area contributed by atoms with Crippen molar-refractivity contribution < 1.29 is 5.11 Å². The molecule has 2 heteroatoms. The summed E-state index contributed by atoms with van der Waals surface area (Å²) >= 11 is 0. The second kappa shape index (κ2) is 4.24. The lowest BCUT2D eigenvalue weighted by atomic mass is 9.69. The molecule has 100 valence electrons. The molecule has 0 spiro atoms. The summed E-state index contributed by atoms with van der Waals surface area (Å²) in [6.45, 7) is 12.0. The molecule has 2 saturated carbocycles. The van der Waals surface area contributed by atoms with Crippen molar-refractivity contribution in [2.75, 3.05) is 6.61 Å². The molecule has 0 aromatic carbocycles. The topological polar surface area (TPSA) is 32.3 Å². The highest BCUT2D eigenvalue weighted by atomic mass is 16.3. The van der Waals surface area contributed by atoms with E-state index < -0.39 is 0 Å². The molecular weight excluding hydrogens is 210 g/mol. The maximum absolute atomic E-state index is 9.48. The summed E-state index contributed by atoms with van der Waals surface area (Å²) in [4.78, 5) is 0. The highest BCUT2D eigenvalue weighted by Crippen LogP contribution is 2.65. The van der Waals surface area contributed by atoms with E-state index >= 15 is 0 Å².